The van der Waals surface area contributed by atoms with E-state index in [4.69, 9.17) is 9.94 Å². The Hall–Kier alpha value is -1.56. The maximum atomic E-state index is 11.9. The zero-order valence-corrected chi connectivity index (χ0v) is 13.1. The van der Waals surface area contributed by atoms with Gasteiger partial charge in [0.15, 0.2) is 9.84 Å². The highest BCUT2D eigenvalue weighted by molar-refractivity contribution is 7.92. The van der Waals surface area contributed by atoms with Crippen molar-refractivity contribution in [1.29, 1.82) is 0 Å². The molecule has 0 fully saturated rings. The number of hydrogen-bond donors (Lipinski definition) is 1. The summed E-state index contributed by atoms with van der Waals surface area (Å²) in [5.41, 5.74) is 1.20. The quantitative estimate of drug-likeness (QED) is 0.515. The van der Waals surface area contributed by atoms with Crippen molar-refractivity contribution in [2.24, 2.45) is 5.16 Å². The number of benzene rings is 1. The van der Waals surface area contributed by atoms with Crippen LogP contribution in [0.3, 0.4) is 0 Å². The van der Waals surface area contributed by atoms with E-state index >= 15 is 0 Å². The molecule has 0 aliphatic rings. The van der Waals surface area contributed by atoms with E-state index in [0.717, 1.165) is 5.56 Å². The third kappa shape index (κ3) is 4.23. The van der Waals surface area contributed by atoms with Gasteiger partial charge in [-0.3, -0.25) is 0 Å². The first-order valence-corrected chi connectivity index (χ1v) is 7.97. The van der Waals surface area contributed by atoms with Gasteiger partial charge in [0.1, 0.15) is 12.4 Å². The van der Waals surface area contributed by atoms with E-state index in [2.05, 4.69) is 5.16 Å². The smallest absolute Gasteiger partial charge is 0.158 e. The Morgan fingerprint density at radius 1 is 1.35 bits per heavy atom. The van der Waals surface area contributed by atoms with Gasteiger partial charge < -0.3 is 9.94 Å². The Balaban J connectivity index is 2.68. The normalized spacial score (nSPS) is 13.3. The van der Waals surface area contributed by atoms with Crippen molar-refractivity contribution in [2.75, 3.05) is 12.4 Å². The lowest BCUT2D eigenvalue weighted by molar-refractivity contribution is 0.319. The van der Waals surface area contributed by atoms with Crippen LogP contribution in [0.25, 0.3) is 0 Å². The highest BCUT2D eigenvalue weighted by Crippen LogP contribution is 2.17. The summed E-state index contributed by atoms with van der Waals surface area (Å²) in [5, 5.41) is 11.8. The Morgan fingerprint density at radius 2 is 2.00 bits per heavy atom. The first-order chi connectivity index (χ1) is 9.17. The minimum atomic E-state index is -3.19. The van der Waals surface area contributed by atoms with Crippen LogP contribution in [0.15, 0.2) is 29.4 Å². The molecule has 6 heteroatoms. The van der Waals surface area contributed by atoms with E-state index in [9.17, 15) is 8.42 Å². The van der Waals surface area contributed by atoms with E-state index in [1.165, 1.54) is 0 Å². The SMILES string of the molecule is C/C(=N/O)c1cccc(OCCS(=O)(=O)C(C)(C)C)c1. The number of oxime groups is 1. The lowest BCUT2D eigenvalue weighted by atomic mass is 10.1. The van der Waals surface area contributed by atoms with Crippen molar-refractivity contribution in [3.05, 3.63) is 29.8 Å². The second-order valence-corrected chi connectivity index (χ2v) is 8.36. The average molecular weight is 299 g/mol. The van der Waals surface area contributed by atoms with Crippen LogP contribution in [-0.4, -0.2) is 36.4 Å². The summed E-state index contributed by atoms with van der Waals surface area (Å²) in [6.45, 7) is 6.78. The summed E-state index contributed by atoms with van der Waals surface area (Å²) in [5.74, 6) is 0.517. The molecule has 0 aliphatic carbocycles. The first kappa shape index (κ1) is 16.5. The molecule has 0 saturated heterocycles. The number of nitrogens with zero attached hydrogens (tertiary/aromatic N) is 1. The molecular weight excluding hydrogens is 278 g/mol. The van der Waals surface area contributed by atoms with Crippen LogP contribution in [0.4, 0.5) is 0 Å². The summed E-state index contributed by atoms with van der Waals surface area (Å²) < 4.78 is 28.5. The van der Waals surface area contributed by atoms with Gasteiger partial charge in [0.2, 0.25) is 0 Å². The molecule has 1 aromatic rings. The van der Waals surface area contributed by atoms with Crippen molar-refractivity contribution in [3.8, 4) is 5.75 Å². The van der Waals surface area contributed by atoms with Gasteiger partial charge >= 0.3 is 0 Å². The summed E-state index contributed by atoms with van der Waals surface area (Å²) in [4.78, 5) is 0. The van der Waals surface area contributed by atoms with Gasteiger partial charge in [-0.1, -0.05) is 17.3 Å². The topological polar surface area (TPSA) is 76.0 Å². The van der Waals surface area contributed by atoms with Gasteiger partial charge in [-0.05, 0) is 39.8 Å². The minimum absolute atomic E-state index is 0.0339. The molecule has 1 N–H and O–H groups in total. The molecule has 0 unspecified atom stereocenters. The minimum Gasteiger partial charge on any atom is -0.493 e. The van der Waals surface area contributed by atoms with E-state index < -0.39 is 14.6 Å². The van der Waals surface area contributed by atoms with Crippen LogP contribution in [0, 0.1) is 0 Å². The molecule has 1 rings (SSSR count). The van der Waals surface area contributed by atoms with Crippen LogP contribution < -0.4 is 4.74 Å². The molecule has 1 aromatic carbocycles. The average Bonchev–Trinajstić information content (AvgIpc) is 2.36. The lowest BCUT2D eigenvalue weighted by Crippen LogP contribution is -2.32. The highest BCUT2D eigenvalue weighted by atomic mass is 32.2. The number of hydrogen-bond acceptors (Lipinski definition) is 5. The maximum Gasteiger partial charge on any atom is 0.158 e. The lowest BCUT2D eigenvalue weighted by Gasteiger charge is -2.19. The standard InChI is InChI=1S/C14H21NO4S/c1-11(15-16)12-6-5-7-13(10-12)19-8-9-20(17,18)14(2,3)4/h5-7,10,16H,8-9H2,1-4H3/b15-11-. The predicted molar refractivity (Wildman–Crippen MR) is 79.5 cm³/mol. The van der Waals surface area contributed by atoms with Gasteiger partial charge in [-0.15, -0.1) is 0 Å². The fraction of sp³-hybridized carbons (Fsp3) is 0.500. The monoisotopic (exact) mass is 299 g/mol. The van der Waals surface area contributed by atoms with Gasteiger partial charge in [0.25, 0.3) is 0 Å². The van der Waals surface area contributed by atoms with E-state index in [1.807, 2.05) is 0 Å². The molecule has 0 aromatic heterocycles. The van der Waals surface area contributed by atoms with Crippen LogP contribution in [0.5, 0.6) is 5.75 Å². The highest BCUT2D eigenvalue weighted by Gasteiger charge is 2.28. The molecule has 0 radical (unpaired) electrons. The molecule has 0 amide bonds. The summed E-state index contributed by atoms with van der Waals surface area (Å²) in [6.07, 6.45) is 0. The molecule has 0 aliphatic heterocycles. The van der Waals surface area contributed by atoms with Crippen LogP contribution in [0.1, 0.15) is 33.3 Å². The third-order valence-electron chi connectivity index (χ3n) is 2.96. The molecule has 0 heterocycles. The van der Waals surface area contributed by atoms with Crippen molar-refractivity contribution >= 4 is 15.5 Å². The van der Waals surface area contributed by atoms with Crippen LogP contribution >= 0.6 is 0 Å². The Labute approximate surface area is 120 Å². The summed E-state index contributed by atoms with van der Waals surface area (Å²) >= 11 is 0. The third-order valence-corrected chi connectivity index (χ3v) is 5.53. The second-order valence-electron chi connectivity index (χ2n) is 5.49. The van der Waals surface area contributed by atoms with Crippen molar-refractivity contribution in [2.45, 2.75) is 32.4 Å². The largest absolute Gasteiger partial charge is 0.493 e. The van der Waals surface area contributed by atoms with Gasteiger partial charge in [-0.2, -0.15) is 0 Å². The van der Waals surface area contributed by atoms with Gasteiger partial charge in [-0.25, -0.2) is 8.42 Å². The predicted octanol–water partition coefficient (Wildman–Crippen LogP) is 2.48. The van der Waals surface area contributed by atoms with Gasteiger partial charge in [0.05, 0.1) is 16.2 Å². The van der Waals surface area contributed by atoms with Gasteiger partial charge in [0, 0.05) is 5.56 Å². The van der Waals surface area contributed by atoms with Crippen molar-refractivity contribution in [1.82, 2.24) is 0 Å². The zero-order valence-electron chi connectivity index (χ0n) is 12.3. The van der Waals surface area contributed by atoms with E-state index in [1.54, 1.807) is 52.0 Å². The second kappa shape index (κ2) is 6.26. The number of rotatable bonds is 5. The fourth-order valence-corrected chi connectivity index (χ4v) is 2.36. The molecule has 0 spiro atoms. The van der Waals surface area contributed by atoms with Crippen molar-refractivity contribution in [3.63, 3.8) is 0 Å². The molecule has 0 atom stereocenters. The maximum absolute atomic E-state index is 11.9. The molecule has 20 heavy (non-hydrogen) atoms. The number of sulfone groups is 1. The van der Waals surface area contributed by atoms with Crippen LogP contribution in [0.2, 0.25) is 0 Å². The number of ether oxygens (including phenoxy) is 1. The zero-order chi connectivity index (χ0) is 15.4. The first-order valence-electron chi connectivity index (χ1n) is 6.31. The summed E-state index contributed by atoms with van der Waals surface area (Å²) in [7, 11) is -3.19. The fourth-order valence-electron chi connectivity index (χ4n) is 1.44. The summed E-state index contributed by atoms with van der Waals surface area (Å²) in [6, 6.07) is 6.99. The van der Waals surface area contributed by atoms with Crippen LogP contribution in [-0.2, 0) is 9.84 Å². The molecule has 0 bridgehead atoms. The molecule has 112 valence electrons. The Morgan fingerprint density at radius 3 is 2.55 bits per heavy atom. The Bertz CT molecular complexity index is 585. The van der Waals surface area contributed by atoms with Crippen molar-refractivity contribution < 1.29 is 18.4 Å². The molecule has 5 nitrogen and oxygen atoms in total. The Kier molecular flexibility index (Phi) is 5.16. The molecular formula is C14H21NO4S. The molecule has 0 saturated carbocycles. The van der Waals surface area contributed by atoms with E-state index in [-0.39, 0.29) is 12.4 Å². The van der Waals surface area contributed by atoms with E-state index in [0.29, 0.717) is 11.5 Å².